The molecular formula is C48H41N9O4S3. The van der Waals surface area contributed by atoms with Crippen molar-refractivity contribution >= 4 is 43.8 Å². The molecule has 7 aromatic heterocycles. The molecule has 11 heterocycles. The summed E-state index contributed by atoms with van der Waals surface area (Å²) in [5.74, 6) is 0.843. The Morgan fingerprint density at radius 3 is 2.38 bits per heavy atom. The first-order valence-corrected chi connectivity index (χ1v) is 25.1. The van der Waals surface area contributed by atoms with Crippen molar-refractivity contribution in [3.8, 4) is 0 Å². The van der Waals surface area contributed by atoms with E-state index in [2.05, 4.69) is 134 Å². The molecule has 0 amide bonds. The van der Waals surface area contributed by atoms with Crippen LogP contribution in [0.25, 0.3) is 0 Å². The predicted molar refractivity (Wildman–Crippen MR) is 250 cm³/mol. The summed E-state index contributed by atoms with van der Waals surface area (Å²) in [6.07, 6.45) is 29.1. The number of H-pyrrole nitrogens is 2. The molecule has 0 aliphatic carbocycles. The molecule has 0 radical (unpaired) electrons. The molecular weight excluding hydrogens is 863 g/mol. The molecule has 8 aromatic rings. The number of ether oxygens (including phenoxy) is 1. The number of aliphatic imine (C=N–C) groups is 1. The zero-order valence-corrected chi connectivity index (χ0v) is 36.6. The van der Waals surface area contributed by atoms with Crippen LogP contribution < -0.4 is 4.90 Å². The topological polar surface area (TPSA) is 151 Å². The van der Waals surface area contributed by atoms with Crippen LogP contribution in [0.15, 0.2) is 218 Å². The summed E-state index contributed by atoms with van der Waals surface area (Å²) in [4.78, 5) is 21.9. The summed E-state index contributed by atoms with van der Waals surface area (Å²) in [5.41, 5.74) is 0.212. The average Bonchev–Trinajstić information content (AvgIpc) is 4.21. The summed E-state index contributed by atoms with van der Waals surface area (Å²) >= 11 is 3.32. The molecule has 0 saturated carbocycles. The van der Waals surface area contributed by atoms with Crippen molar-refractivity contribution in [2.24, 2.45) is 4.99 Å². The maximum absolute atomic E-state index is 7.77. The maximum Gasteiger partial charge on any atom is 0.227 e. The minimum absolute atomic E-state index is 0.370. The van der Waals surface area contributed by atoms with Crippen LogP contribution in [0.3, 0.4) is 0 Å². The van der Waals surface area contributed by atoms with Gasteiger partial charge in [-0.05, 0) is 71.0 Å². The first kappa shape index (κ1) is 38.6. The summed E-state index contributed by atoms with van der Waals surface area (Å²) in [6, 6.07) is 33.3. The lowest BCUT2D eigenvalue weighted by Crippen LogP contribution is -2.79. The number of thioether (sulfide) groups is 1. The van der Waals surface area contributed by atoms with Gasteiger partial charge in [0.05, 0.1) is 52.6 Å². The molecule has 4 aliphatic rings. The predicted octanol–water partition coefficient (Wildman–Crippen LogP) is 10.1. The molecule has 13 nitrogen and oxygen atoms in total. The monoisotopic (exact) mass is 903 g/mol. The Morgan fingerprint density at radius 1 is 0.781 bits per heavy atom. The van der Waals surface area contributed by atoms with Crippen molar-refractivity contribution in [2.45, 2.75) is 30.2 Å². The molecule has 2 N–H and O–H groups in total. The molecule has 5 unspecified atom stereocenters. The van der Waals surface area contributed by atoms with Crippen LogP contribution >= 0.6 is 31.6 Å². The quantitative estimate of drug-likeness (QED) is 0.128. The Labute approximate surface area is 375 Å². The van der Waals surface area contributed by atoms with Gasteiger partial charge < -0.3 is 27.4 Å². The van der Waals surface area contributed by atoms with E-state index in [0.717, 1.165) is 21.2 Å². The number of nitrogens with one attached hydrogen (secondary N) is 2. The van der Waals surface area contributed by atoms with E-state index in [1.165, 1.54) is 0 Å². The van der Waals surface area contributed by atoms with E-state index in [1.54, 1.807) is 48.1 Å². The lowest BCUT2D eigenvalue weighted by molar-refractivity contribution is 0.231. The van der Waals surface area contributed by atoms with Crippen LogP contribution in [0.1, 0.15) is 33.4 Å². The number of anilines is 1. The number of hydrogen-bond acceptors (Lipinski definition) is 13. The minimum Gasteiger partial charge on any atom is -0.484 e. The highest BCUT2D eigenvalue weighted by atomic mass is 32.4. The van der Waals surface area contributed by atoms with Gasteiger partial charge in [0, 0.05) is 42.1 Å². The smallest absolute Gasteiger partial charge is 0.227 e. The molecule has 0 spiro atoms. The van der Waals surface area contributed by atoms with E-state index in [-0.39, 0.29) is 0 Å². The van der Waals surface area contributed by atoms with Gasteiger partial charge in [-0.2, -0.15) is 5.10 Å². The van der Waals surface area contributed by atoms with Gasteiger partial charge in [-0.25, -0.2) is 4.98 Å². The first-order valence-electron chi connectivity index (χ1n) is 20.8. The highest BCUT2D eigenvalue weighted by Crippen LogP contribution is 3.20. The lowest BCUT2D eigenvalue weighted by atomic mass is 9.72. The van der Waals surface area contributed by atoms with Gasteiger partial charge in [0.15, 0.2) is 21.7 Å². The number of furan rings is 1. The number of hydrogen-bond donors (Lipinski definition) is 2. The fourth-order valence-corrected chi connectivity index (χ4v) is 29.4. The van der Waals surface area contributed by atoms with E-state index in [1.807, 2.05) is 61.3 Å². The second-order valence-corrected chi connectivity index (χ2v) is 24.5. The van der Waals surface area contributed by atoms with Crippen LogP contribution in [0.2, 0.25) is 0 Å². The standard InChI is InChI=1S/C48H41N9O4S3/c1-2-13-36(14-3-1)47(37-21-25-53-54-37)46(40-16-12-34-62-40,45-52-27-32-60-45)57(42-18-11-30-58-42)48(39-22-31-61-55-39,38-15-4-7-23-50-38)64(47,41-17-10-24-51-41,56-28-26-49-35-56,43-19-5-8-29-59-43)44-20-6-9-33-63-44/h1-25,27,29-35,43-44,51H,26,28H2,(H,53,54). The van der Waals surface area contributed by atoms with Gasteiger partial charge in [-0.1, -0.05) is 80.4 Å². The Kier molecular flexibility index (Phi) is 8.45. The van der Waals surface area contributed by atoms with Gasteiger partial charge in [0.25, 0.3) is 0 Å². The second kappa shape index (κ2) is 14.0. The van der Waals surface area contributed by atoms with Crippen LogP contribution in [0, 0.1) is 0 Å². The molecule has 4 aliphatic heterocycles. The lowest BCUT2D eigenvalue weighted by Gasteiger charge is -2.93. The summed E-state index contributed by atoms with van der Waals surface area (Å²) in [6.45, 7) is 0.889. The normalized spacial score (nSPS) is 28.4. The van der Waals surface area contributed by atoms with E-state index in [4.69, 9.17) is 43.3 Å². The van der Waals surface area contributed by atoms with E-state index in [0.29, 0.717) is 36.3 Å². The van der Waals surface area contributed by atoms with Crippen LogP contribution in [-0.4, -0.2) is 64.1 Å². The van der Waals surface area contributed by atoms with Gasteiger partial charge in [-0.15, -0.1) is 23.1 Å². The number of aromatic nitrogens is 6. The van der Waals surface area contributed by atoms with Crippen molar-refractivity contribution in [2.75, 3.05) is 18.0 Å². The van der Waals surface area contributed by atoms with Crippen LogP contribution in [0.4, 0.5) is 5.88 Å². The van der Waals surface area contributed by atoms with Crippen molar-refractivity contribution < 1.29 is 18.1 Å². The molecule has 1 aromatic carbocycles. The fourth-order valence-electron chi connectivity index (χ4n) is 12.5. The third-order valence-corrected chi connectivity index (χ3v) is 27.6. The number of allylic oxidation sites excluding steroid dienone is 4. The number of pyridine rings is 1. The zero-order valence-electron chi connectivity index (χ0n) is 34.1. The summed E-state index contributed by atoms with van der Waals surface area (Å²) in [7, 11) is -5.98. The highest BCUT2D eigenvalue weighted by molar-refractivity contribution is 8.68. The second-order valence-electron chi connectivity index (χ2n) is 15.8. The van der Waals surface area contributed by atoms with Gasteiger partial charge >= 0.3 is 0 Å². The van der Waals surface area contributed by atoms with Crippen LogP contribution in [-0.2, 0) is 19.9 Å². The Bertz CT molecular complexity index is 2980. The molecule has 320 valence electrons. The number of thiophene rings is 1. The van der Waals surface area contributed by atoms with Crippen molar-refractivity contribution in [1.29, 1.82) is 0 Å². The molecule has 12 rings (SSSR count). The van der Waals surface area contributed by atoms with Crippen molar-refractivity contribution in [3.63, 3.8) is 0 Å². The van der Waals surface area contributed by atoms with Gasteiger partial charge in [0.2, 0.25) is 5.89 Å². The number of rotatable bonds is 11. The van der Waals surface area contributed by atoms with Crippen molar-refractivity contribution in [3.05, 3.63) is 228 Å². The number of oxazole rings is 1. The van der Waals surface area contributed by atoms with E-state index in [9.17, 15) is 0 Å². The molecule has 1 fully saturated rings. The molecule has 5 atom stereocenters. The van der Waals surface area contributed by atoms with Gasteiger partial charge in [0.1, 0.15) is 23.0 Å². The fraction of sp³-hybridized carbons (Fsp3) is 0.146. The Morgan fingerprint density at radius 2 is 1.72 bits per heavy atom. The Balaban J connectivity index is 1.61. The van der Waals surface area contributed by atoms with Crippen LogP contribution in [0.5, 0.6) is 0 Å². The molecule has 64 heavy (non-hydrogen) atoms. The number of benzene rings is 1. The first-order chi connectivity index (χ1) is 31.7. The third-order valence-electron chi connectivity index (χ3n) is 13.9. The maximum atomic E-state index is 7.77. The average molecular weight is 904 g/mol. The summed E-state index contributed by atoms with van der Waals surface area (Å²) in [5, 5.41) is 19.0. The Hall–Kier alpha value is -7.01. The van der Waals surface area contributed by atoms with E-state index >= 15 is 0 Å². The number of nitrogens with zero attached hydrogens (tertiary/aromatic N) is 7. The zero-order chi connectivity index (χ0) is 42.8. The SMILES string of the molecule is C1=COC(S2(c3ccc[nH]3)(C3C=CC=CS3)(N3C=NCC3)C(c3ccccn3)(c3ccon3)N(c3ccco3)C(c3ncco3)(c3cccs3)C2(c2ccccc2)c2ccn[nH]2)C=C1. The minimum atomic E-state index is -5.98. The van der Waals surface area contributed by atoms with Crippen molar-refractivity contribution in [1.82, 2.24) is 34.6 Å². The highest BCUT2D eigenvalue weighted by Gasteiger charge is 3.05. The molecule has 1 saturated heterocycles. The summed E-state index contributed by atoms with van der Waals surface area (Å²) < 4.78 is 28.5. The number of aromatic amines is 2. The largest absolute Gasteiger partial charge is 0.484 e. The molecule has 0 bridgehead atoms. The van der Waals surface area contributed by atoms with Gasteiger partial charge in [-0.3, -0.25) is 20.0 Å². The molecule has 16 heteroatoms. The van der Waals surface area contributed by atoms with E-state index < -0.39 is 33.7 Å². The third kappa shape index (κ3) is 3.81.